The highest BCUT2D eigenvalue weighted by Crippen LogP contribution is 2.64. The molecular formula is C51H71N3O12. The number of carbonyl (C=O) groups excluding carboxylic acids is 4. The van der Waals surface area contributed by atoms with Crippen molar-refractivity contribution < 1.29 is 57.9 Å². The molecular weight excluding hydrogens is 847 g/mol. The summed E-state index contributed by atoms with van der Waals surface area (Å²) in [6.07, 6.45) is 7.39. The zero-order chi connectivity index (χ0) is 46.7. The number of epoxide rings is 1. The molecule has 15 heteroatoms. The molecule has 13 atom stereocenters. The Morgan fingerprint density at radius 2 is 1.71 bits per heavy atom. The molecule has 1 aromatic carbocycles. The molecule has 4 N–H and O–H groups in total. The number of allylic oxidation sites excluding steroid dienone is 1. The molecule has 2 amide bonds. The Labute approximate surface area is 388 Å². The van der Waals surface area contributed by atoms with Crippen LogP contribution in [0.25, 0.3) is 6.08 Å². The largest absolute Gasteiger partial charge is 0.460 e. The molecule has 10 rings (SSSR count). The molecule has 2 bridgehead atoms. The van der Waals surface area contributed by atoms with Crippen LogP contribution in [0.2, 0.25) is 0 Å². The van der Waals surface area contributed by atoms with Gasteiger partial charge in [0.1, 0.15) is 41.5 Å². The molecule has 66 heavy (non-hydrogen) atoms. The number of nitrogens with one attached hydrogen (secondary N) is 2. The number of fused-ring (bicyclic) bond motifs is 6. The van der Waals surface area contributed by atoms with E-state index >= 15 is 4.79 Å². The van der Waals surface area contributed by atoms with Crippen LogP contribution in [0, 0.1) is 34.5 Å². The van der Waals surface area contributed by atoms with E-state index in [1.54, 1.807) is 25.8 Å². The number of amides is 2. The van der Waals surface area contributed by atoms with Crippen molar-refractivity contribution in [2.45, 2.75) is 204 Å². The summed E-state index contributed by atoms with van der Waals surface area (Å²) >= 11 is 0. The van der Waals surface area contributed by atoms with Crippen molar-refractivity contribution >= 4 is 29.8 Å². The van der Waals surface area contributed by atoms with Crippen LogP contribution >= 0.6 is 0 Å². The molecule has 9 fully saturated rings. The predicted molar refractivity (Wildman–Crippen MR) is 238 cm³/mol. The van der Waals surface area contributed by atoms with Crippen LogP contribution < -0.4 is 10.6 Å². The Kier molecular flexibility index (Phi) is 11.7. The van der Waals surface area contributed by atoms with Crippen LogP contribution in [-0.4, -0.2) is 117 Å². The Bertz CT molecular complexity index is 2120. The van der Waals surface area contributed by atoms with Crippen molar-refractivity contribution in [1.29, 1.82) is 0 Å². The van der Waals surface area contributed by atoms with E-state index in [2.05, 4.69) is 49.6 Å². The van der Waals surface area contributed by atoms with Crippen molar-refractivity contribution in [3.05, 3.63) is 41.0 Å². The normalized spacial score (nSPS) is 38.1. The first-order valence-electron chi connectivity index (χ1n) is 24.8. The highest BCUT2D eigenvalue weighted by Gasteiger charge is 2.78. The van der Waals surface area contributed by atoms with Gasteiger partial charge in [0, 0.05) is 24.7 Å². The highest BCUT2D eigenvalue weighted by atomic mass is 16.8. The van der Waals surface area contributed by atoms with Crippen LogP contribution in [0.3, 0.4) is 0 Å². The number of nitrogens with zero attached hydrogens (tertiary/aromatic N) is 1. The second kappa shape index (κ2) is 16.6. The van der Waals surface area contributed by atoms with E-state index in [0.29, 0.717) is 17.9 Å². The summed E-state index contributed by atoms with van der Waals surface area (Å²) < 4.78 is 31.8. The molecule has 4 saturated heterocycles. The average molecular weight is 918 g/mol. The first-order chi connectivity index (χ1) is 31.2. The van der Waals surface area contributed by atoms with Gasteiger partial charge in [0.05, 0.1) is 37.0 Å². The summed E-state index contributed by atoms with van der Waals surface area (Å²) in [6.45, 7) is 13.4. The molecule has 5 aliphatic carbocycles. The maximum atomic E-state index is 15.3. The van der Waals surface area contributed by atoms with Crippen LogP contribution in [0.5, 0.6) is 0 Å². The van der Waals surface area contributed by atoms with Gasteiger partial charge in [-0.15, -0.1) is 0 Å². The lowest BCUT2D eigenvalue weighted by atomic mass is 9.52. The quantitative estimate of drug-likeness (QED) is 0.144. The second-order valence-corrected chi connectivity index (χ2v) is 23.2. The number of carbonyl (C=O) groups is 4. The molecule has 9 aliphatic rings. The van der Waals surface area contributed by atoms with Crippen molar-refractivity contribution in [2.24, 2.45) is 34.5 Å². The summed E-state index contributed by atoms with van der Waals surface area (Å²) in [4.78, 5) is 63.1. The van der Waals surface area contributed by atoms with Crippen molar-refractivity contribution in [3.8, 4) is 0 Å². The Balaban J connectivity index is 0.925. The number of hydroxylamine groups is 2. The number of rotatable bonds is 14. The number of hydrogen-bond donors (Lipinski definition) is 4. The van der Waals surface area contributed by atoms with Crippen LogP contribution in [-0.2, 0) is 54.2 Å². The number of hydrogen-bond acceptors (Lipinski definition) is 13. The first-order valence-corrected chi connectivity index (χ1v) is 24.8. The minimum atomic E-state index is -1.59. The van der Waals surface area contributed by atoms with E-state index in [4.69, 9.17) is 28.5 Å². The summed E-state index contributed by atoms with van der Waals surface area (Å²) in [7, 11) is 0. The average Bonchev–Trinajstić information content (AvgIpc) is 4.19. The molecule has 5 saturated carbocycles. The van der Waals surface area contributed by atoms with Crippen LogP contribution in [0.15, 0.2) is 29.8 Å². The molecule has 1 aromatic rings. The maximum absolute atomic E-state index is 15.3. The van der Waals surface area contributed by atoms with Gasteiger partial charge in [-0.25, -0.2) is 0 Å². The van der Waals surface area contributed by atoms with E-state index in [1.807, 2.05) is 12.1 Å². The van der Waals surface area contributed by atoms with Gasteiger partial charge in [-0.3, -0.25) is 24.0 Å². The van der Waals surface area contributed by atoms with Gasteiger partial charge in [-0.05, 0) is 127 Å². The smallest absolute Gasteiger partial charge is 0.327 e. The lowest BCUT2D eigenvalue weighted by Gasteiger charge is -2.53. The SMILES string of the molecule is CC(O)C(NC(=O)C12CC3OC(=O)C1N(Cc1cccc(C=C4CCC5OC5(C)CCC5C4CC5(C)C)c1)OC2C1OC(C2CC2)(C2CC2)OC31)C(=O)NC(CO)CCC(=O)OC(C)(C)C. The summed E-state index contributed by atoms with van der Waals surface area (Å²) in [5, 5.41) is 28.3. The van der Waals surface area contributed by atoms with E-state index in [9.17, 15) is 24.6 Å². The highest BCUT2D eigenvalue weighted by molar-refractivity contribution is 5.96. The molecule has 4 heterocycles. The fourth-order valence-electron chi connectivity index (χ4n) is 12.9. The van der Waals surface area contributed by atoms with Gasteiger partial charge < -0.3 is 44.5 Å². The van der Waals surface area contributed by atoms with Gasteiger partial charge in [0.15, 0.2) is 11.8 Å². The van der Waals surface area contributed by atoms with Crippen LogP contribution in [0.1, 0.15) is 137 Å². The molecule has 0 aromatic heterocycles. The molecule has 362 valence electrons. The predicted octanol–water partition coefficient (Wildman–Crippen LogP) is 5.03. The molecule has 13 unspecified atom stereocenters. The number of ether oxygens (including phenoxy) is 5. The van der Waals surface area contributed by atoms with Gasteiger partial charge in [0.2, 0.25) is 11.8 Å². The number of aliphatic hydroxyl groups is 2. The van der Waals surface area contributed by atoms with Gasteiger partial charge in [0.25, 0.3) is 0 Å². The van der Waals surface area contributed by atoms with Crippen molar-refractivity contribution in [2.75, 3.05) is 6.61 Å². The zero-order valence-corrected chi connectivity index (χ0v) is 39.7. The molecule has 4 aliphatic heterocycles. The summed E-state index contributed by atoms with van der Waals surface area (Å²) in [5.74, 6) is -1.84. The fraction of sp³-hybridized carbons (Fsp3) is 0.765. The third-order valence-electron chi connectivity index (χ3n) is 16.7. The first kappa shape index (κ1) is 46.3. The second-order valence-electron chi connectivity index (χ2n) is 23.2. The zero-order valence-electron chi connectivity index (χ0n) is 39.7. The number of aliphatic hydroxyl groups excluding tert-OH is 2. The third-order valence-corrected chi connectivity index (χ3v) is 16.7. The fourth-order valence-corrected chi connectivity index (χ4v) is 12.9. The lowest BCUT2D eigenvalue weighted by Crippen LogP contribution is -2.71. The van der Waals surface area contributed by atoms with E-state index < -0.39 is 95.8 Å². The topological polar surface area (TPSA) is 195 Å². The maximum Gasteiger partial charge on any atom is 0.327 e. The molecule has 15 nitrogen and oxygen atoms in total. The Hall–Kier alpha value is -3.44. The minimum Gasteiger partial charge on any atom is -0.460 e. The number of esters is 2. The molecule has 0 spiro atoms. The third kappa shape index (κ3) is 8.33. The molecule has 0 radical (unpaired) electrons. The Morgan fingerprint density at radius 3 is 2.38 bits per heavy atom. The van der Waals surface area contributed by atoms with Crippen molar-refractivity contribution in [3.63, 3.8) is 0 Å². The van der Waals surface area contributed by atoms with Crippen molar-refractivity contribution in [1.82, 2.24) is 15.7 Å². The van der Waals surface area contributed by atoms with Gasteiger partial charge in [-0.1, -0.05) is 49.8 Å². The number of benzene rings is 1. The lowest BCUT2D eigenvalue weighted by molar-refractivity contribution is -0.235. The standard InChI is InChI=1S/C51H71N3O12/c1-27(56)39(44(58)52-33(26-55)16-18-38(57)63-47(2,3)4)53-46(60)50-24-36-40-41(65-51(64-40,31-12-13-31)32-14-15-32)43(50)66-54(42(50)45(59)61-36)25-29-10-8-9-28(21-29)22-30-11-17-37-49(7,62-37)20-19-35-34(30)23-48(35,5)6/h8-10,21-22,27,31-37,39-43,55-56H,11-20,23-26H2,1-7H3,(H,52,58)(H,53,60). The van der Waals surface area contributed by atoms with E-state index in [-0.39, 0.29) is 48.7 Å². The summed E-state index contributed by atoms with van der Waals surface area (Å²) in [6, 6.07) is 4.70. The van der Waals surface area contributed by atoms with E-state index in [1.165, 1.54) is 12.5 Å². The van der Waals surface area contributed by atoms with Gasteiger partial charge >= 0.3 is 11.9 Å². The Morgan fingerprint density at radius 1 is 0.985 bits per heavy atom. The monoisotopic (exact) mass is 918 g/mol. The minimum absolute atomic E-state index is 0.00286. The van der Waals surface area contributed by atoms with E-state index in [0.717, 1.165) is 68.9 Å². The van der Waals surface area contributed by atoms with Crippen LogP contribution in [0.4, 0.5) is 0 Å². The van der Waals surface area contributed by atoms with Gasteiger partial charge in [-0.2, -0.15) is 5.06 Å². The summed E-state index contributed by atoms with van der Waals surface area (Å²) in [5.41, 5.74) is 1.39.